The topological polar surface area (TPSA) is 93.5 Å². The molecule has 0 radical (unpaired) electrons. The summed E-state index contributed by atoms with van der Waals surface area (Å²) in [7, 11) is -3.63. The minimum absolute atomic E-state index is 0.171. The molecule has 1 fully saturated rings. The van der Waals surface area contributed by atoms with Gasteiger partial charge in [-0.3, -0.25) is 4.79 Å². The van der Waals surface area contributed by atoms with Crippen LogP contribution in [0, 0.1) is 11.3 Å². The van der Waals surface area contributed by atoms with Gasteiger partial charge in [0.15, 0.2) is 0 Å². The van der Waals surface area contributed by atoms with E-state index in [1.54, 1.807) is 24.3 Å². The van der Waals surface area contributed by atoms with E-state index in [0.717, 1.165) is 37.2 Å². The van der Waals surface area contributed by atoms with Crippen molar-refractivity contribution in [2.24, 2.45) is 0 Å². The number of piperidine rings is 1. The van der Waals surface area contributed by atoms with E-state index in [-0.39, 0.29) is 17.2 Å². The van der Waals surface area contributed by atoms with Crippen LogP contribution in [0.2, 0.25) is 0 Å². The van der Waals surface area contributed by atoms with E-state index < -0.39 is 10.0 Å². The van der Waals surface area contributed by atoms with Gasteiger partial charge in [0.25, 0.3) is 0 Å². The van der Waals surface area contributed by atoms with Crippen molar-refractivity contribution in [3.63, 3.8) is 0 Å². The van der Waals surface area contributed by atoms with Crippen molar-refractivity contribution < 1.29 is 13.2 Å². The highest BCUT2D eigenvalue weighted by molar-refractivity contribution is 7.89. The monoisotopic (exact) mass is 468 g/mol. The van der Waals surface area contributed by atoms with Crippen molar-refractivity contribution in [1.29, 1.82) is 5.26 Å². The van der Waals surface area contributed by atoms with Crippen LogP contribution < -0.4 is 10.2 Å². The maximum atomic E-state index is 13.1. The lowest BCUT2D eigenvalue weighted by Crippen LogP contribution is -2.32. The van der Waals surface area contributed by atoms with Gasteiger partial charge < -0.3 is 10.2 Å². The van der Waals surface area contributed by atoms with Gasteiger partial charge in [-0.25, -0.2) is 8.42 Å². The molecule has 1 aliphatic rings. The summed E-state index contributed by atoms with van der Waals surface area (Å²) in [5.74, 6) is -0.171. The molecule has 1 N–H and O–H groups in total. The number of carbonyl (C=O) groups is 1. The zero-order valence-corrected chi connectivity index (χ0v) is 20.2. The number of nitriles is 1. The molecule has 7 nitrogen and oxygen atoms in total. The zero-order chi connectivity index (χ0) is 23.8. The molecule has 3 rings (SSSR count). The first-order chi connectivity index (χ1) is 15.9. The molecule has 0 unspecified atom stereocenters. The molecule has 8 heteroatoms. The summed E-state index contributed by atoms with van der Waals surface area (Å²) in [5, 5.41) is 11.9. The van der Waals surface area contributed by atoms with Crippen LogP contribution in [0.4, 0.5) is 11.4 Å². The smallest absolute Gasteiger partial charge is 0.243 e. The number of nitrogens with zero attached hydrogens (tertiary/aromatic N) is 3. The molecule has 1 amide bonds. The standard InChI is InChI=1S/C25H32N4O3S/c1-3-29(4-2)33(31,32)22-13-14-24(28-16-6-5-7-17-28)23(18-22)27-25(30)15-12-20-8-10-21(19-26)11-9-20/h8-11,13-14,18H,3-7,12,15-17H2,1-2H3,(H,27,30). The first kappa shape index (κ1) is 24.7. The largest absolute Gasteiger partial charge is 0.370 e. The Hall–Kier alpha value is -2.89. The second kappa shape index (κ2) is 11.3. The van der Waals surface area contributed by atoms with Gasteiger partial charge in [-0.2, -0.15) is 9.57 Å². The lowest BCUT2D eigenvalue weighted by Gasteiger charge is -2.31. The van der Waals surface area contributed by atoms with Crippen LogP contribution >= 0.6 is 0 Å². The summed E-state index contributed by atoms with van der Waals surface area (Å²) in [4.78, 5) is 15.2. The number of nitrogens with one attached hydrogen (secondary N) is 1. The van der Waals surface area contributed by atoms with E-state index in [1.807, 2.05) is 32.0 Å². The molecule has 176 valence electrons. The van der Waals surface area contributed by atoms with Gasteiger partial charge in [0.1, 0.15) is 0 Å². The van der Waals surface area contributed by atoms with Gasteiger partial charge in [-0.05, 0) is 61.6 Å². The van der Waals surface area contributed by atoms with Gasteiger partial charge in [-0.1, -0.05) is 26.0 Å². The normalized spacial score (nSPS) is 14.2. The Balaban J connectivity index is 1.83. The van der Waals surface area contributed by atoms with E-state index in [4.69, 9.17) is 5.26 Å². The third-order valence-corrected chi connectivity index (χ3v) is 8.05. The third-order valence-electron chi connectivity index (χ3n) is 6.01. The fraction of sp³-hybridized carbons (Fsp3) is 0.440. The van der Waals surface area contributed by atoms with Crippen molar-refractivity contribution in [2.75, 3.05) is 36.4 Å². The molecule has 2 aromatic carbocycles. The van der Waals surface area contributed by atoms with E-state index in [0.29, 0.717) is 30.8 Å². The minimum Gasteiger partial charge on any atom is -0.370 e. The molecule has 2 aromatic rings. The molecule has 33 heavy (non-hydrogen) atoms. The van der Waals surface area contributed by atoms with Crippen LogP contribution in [-0.4, -0.2) is 44.8 Å². The number of sulfonamides is 1. The Morgan fingerprint density at radius 1 is 1.06 bits per heavy atom. The molecule has 0 atom stereocenters. The van der Waals surface area contributed by atoms with E-state index in [1.165, 1.54) is 10.7 Å². The Morgan fingerprint density at radius 2 is 1.73 bits per heavy atom. The maximum Gasteiger partial charge on any atom is 0.243 e. The van der Waals surface area contributed by atoms with Crippen LogP contribution in [0.5, 0.6) is 0 Å². The fourth-order valence-corrected chi connectivity index (χ4v) is 5.60. The first-order valence-electron chi connectivity index (χ1n) is 11.6. The van der Waals surface area contributed by atoms with Crippen molar-refractivity contribution in [2.45, 2.75) is 50.8 Å². The van der Waals surface area contributed by atoms with Crippen molar-refractivity contribution in [3.8, 4) is 6.07 Å². The Morgan fingerprint density at radius 3 is 2.33 bits per heavy atom. The number of hydrogen-bond donors (Lipinski definition) is 1. The fourth-order valence-electron chi connectivity index (χ4n) is 4.12. The van der Waals surface area contributed by atoms with Crippen molar-refractivity contribution in [3.05, 3.63) is 53.6 Å². The highest BCUT2D eigenvalue weighted by Crippen LogP contribution is 2.32. The van der Waals surface area contributed by atoms with Gasteiger partial charge in [0, 0.05) is 32.6 Å². The van der Waals surface area contributed by atoms with Crippen LogP contribution in [0.1, 0.15) is 50.7 Å². The average Bonchev–Trinajstić information content (AvgIpc) is 2.84. The van der Waals surface area contributed by atoms with Gasteiger partial charge in [-0.15, -0.1) is 0 Å². The zero-order valence-electron chi connectivity index (χ0n) is 19.4. The van der Waals surface area contributed by atoms with Crippen molar-refractivity contribution in [1.82, 2.24) is 4.31 Å². The Bertz CT molecular complexity index is 1100. The number of hydrogen-bond acceptors (Lipinski definition) is 5. The summed E-state index contributed by atoms with van der Waals surface area (Å²) in [5.41, 5.74) is 2.95. The lowest BCUT2D eigenvalue weighted by molar-refractivity contribution is -0.116. The second-order valence-electron chi connectivity index (χ2n) is 8.17. The van der Waals surface area contributed by atoms with Crippen molar-refractivity contribution >= 4 is 27.3 Å². The predicted molar refractivity (Wildman–Crippen MR) is 131 cm³/mol. The van der Waals surface area contributed by atoms with Crippen LogP contribution in [0.3, 0.4) is 0 Å². The third kappa shape index (κ3) is 6.12. The van der Waals surface area contributed by atoms with Crippen LogP contribution in [0.15, 0.2) is 47.4 Å². The summed E-state index contributed by atoms with van der Waals surface area (Å²) >= 11 is 0. The number of rotatable bonds is 9. The molecule has 0 aromatic heterocycles. The molecule has 0 saturated carbocycles. The van der Waals surface area contributed by atoms with Gasteiger partial charge in [0.2, 0.25) is 15.9 Å². The second-order valence-corrected chi connectivity index (χ2v) is 10.1. The highest BCUT2D eigenvalue weighted by Gasteiger charge is 2.24. The Labute approximate surface area is 197 Å². The molecule has 1 aliphatic heterocycles. The molecular weight excluding hydrogens is 436 g/mol. The van der Waals surface area contributed by atoms with E-state index in [9.17, 15) is 13.2 Å². The summed E-state index contributed by atoms with van der Waals surface area (Å²) in [6.07, 6.45) is 4.13. The van der Waals surface area contributed by atoms with E-state index in [2.05, 4.69) is 16.3 Å². The van der Waals surface area contributed by atoms with Crippen LogP contribution in [-0.2, 0) is 21.2 Å². The molecule has 0 aliphatic carbocycles. The average molecular weight is 469 g/mol. The summed E-state index contributed by atoms with van der Waals surface area (Å²) in [6.45, 7) is 6.18. The van der Waals surface area contributed by atoms with Gasteiger partial charge >= 0.3 is 0 Å². The highest BCUT2D eigenvalue weighted by atomic mass is 32.2. The molecule has 0 spiro atoms. The molecule has 0 bridgehead atoms. The SMILES string of the molecule is CCN(CC)S(=O)(=O)c1ccc(N2CCCCC2)c(NC(=O)CCc2ccc(C#N)cc2)c1. The maximum absolute atomic E-state index is 13.1. The first-order valence-corrected chi connectivity index (χ1v) is 13.0. The van der Waals surface area contributed by atoms with E-state index >= 15 is 0 Å². The number of aryl methyl sites for hydroxylation is 1. The Kier molecular flexibility index (Phi) is 8.48. The quantitative estimate of drug-likeness (QED) is 0.597. The molecular formula is C25H32N4O3S. The number of amides is 1. The number of benzene rings is 2. The minimum atomic E-state index is -3.63. The molecule has 1 heterocycles. The number of carbonyl (C=O) groups excluding carboxylic acids is 1. The number of anilines is 2. The summed E-state index contributed by atoms with van der Waals surface area (Å²) in [6, 6.07) is 14.3. The van der Waals surface area contributed by atoms with Gasteiger partial charge in [0.05, 0.1) is 27.9 Å². The van der Waals surface area contributed by atoms with Crippen LogP contribution in [0.25, 0.3) is 0 Å². The molecule has 1 saturated heterocycles. The lowest BCUT2D eigenvalue weighted by atomic mass is 10.1. The predicted octanol–water partition coefficient (Wildman–Crippen LogP) is 4.15. The summed E-state index contributed by atoms with van der Waals surface area (Å²) < 4.78 is 27.5.